The Morgan fingerprint density at radius 1 is 1.11 bits per heavy atom. The standard InChI is InChI=1S/C20H23N3O4S/c24-18(23-8-7-13-3-1-2-4-15(13)10-23)11-28-20-22-21-19(27-20)14-5-6-16-17(9-14)26-12-25-16/h5-6,9,13,15H,1-4,7-8,10-12H2/t13-,15+/m0/s1. The summed E-state index contributed by atoms with van der Waals surface area (Å²) in [6.07, 6.45) is 6.42. The molecule has 8 heteroatoms. The number of benzene rings is 1. The van der Waals surface area contributed by atoms with E-state index in [1.165, 1.54) is 37.4 Å². The summed E-state index contributed by atoms with van der Waals surface area (Å²) in [5.41, 5.74) is 0.772. The highest BCUT2D eigenvalue weighted by Crippen LogP contribution is 2.37. The molecule has 1 saturated carbocycles. The van der Waals surface area contributed by atoms with Gasteiger partial charge in [-0.3, -0.25) is 4.79 Å². The smallest absolute Gasteiger partial charge is 0.277 e. The van der Waals surface area contributed by atoms with Gasteiger partial charge in [-0.2, -0.15) is 0 Å². The maximum atomic E-state index is 12.6. The second-order valence-electron chi connectivity index (χ2n) is 7.66. The molecule has 0 radical (unpaired) electrons. The van der Waals surface area contributed by atoms with E-state index in [4.69, 9.17) is 13.9 Å². The van der Waals surface area contributed by atoms with Crippen LogP contribution in [0.1, 0.15) is 32.1 Å². The van der Waals surface area contributed by atoms with Gasteiger partial charge < -0.3 is 18.8 Å². The number of rotatable bonds is 4. The van der Waals surface area contributed by atoms with Gasteiger partial charge in [-0.1, -0.05) is 31.0 Å². The predicted octanol–water partition coefficient (Wildman–Crippen LogP) is 3.60. The van der Waals surface area contributed by atoms with Crippen LogP contribution in [0.4, 0.5) is 0 Å². The Balaban J connectivity index is 1.18. The fourth-order valence-corrected chi connectivity index (χ4v) is 5.12. The minimum atomic E-state index is 0.164. The molecule has 2 atom stereocenters. The number of thioether (sulfide) groups is 1. The Labute approximate surface area is 167 Å². The van der Waals surface area contributed by atoms with Crippen LogP contribution >= 0.6 is 11.8 Å². The molecule has 3 heterocycles. The molecule has 1 aliphatic carbocycles. The maximum absolute atomic E-state index is 12.6. The zero-order valence-electron chi connectivity index (χ0n) is 15.6. The number of carbonyl (C=O) groups is 1. The Kier molecular flexibility index (Phi) is 4.88. The number of carbonyl (C=O) groups excluding carboxylic acids is 1. The Bertz CT molecular complexity index is 871. The van der Waals surface area contributed by atoms with Crippen molar-refractivity contribution in [2.24, 2.45) is 11.8 Å². The van der Waals surface area contributed by atoms with Gasteiger partial charge in [0.05, 0.1) is 5.75 Å². The summed E-state index contributed by atoms with van der Waals surface area (Å²) in [4.78, 5) is 14.7. The van der Waals surface area contributed by atoms with Gasteiger partial charge in [0.1, 0.15) is 0 Å². The summed E-state index contributed by atoms with van der Waals surface area (Å²) < 4.78 is 16.4. The quantitative estimate of drug-likeness (QED) is 0.725. The molecule has 1 amide bonds. The summed E-state index contributed by atoms with van der Waals surface area (Å²) in [5, 5.41) is 8.58. The van der Waals surface area contributed by atoms with E-state index in [9.17, 15) is 4.79 Å². The van der Waals surface area contributed by atoms with E-state index in [2.05, 4.69) is 10.2 Å². The molecule has 148 valence electrons. The van der Waals surface area contributed by atoms with E-state index >= 15 is 0 Å². The molecule has 0 spiro atoms. The SMILES string of the molecule is O=C(CSc1nnc(-c2ccc3c(c2)OCO3)o1)N1CC[C@@H]2CCCC[C@@H]2C1. The van der Waals surface area contributed by atoms with Crippen LogP contribution in [0.25, 0.3) is 11.5 Å². The summed E-state index contributed by atoms with van der Waals surface area (Å²) >= 11 is 1.31. The molecule has 2 aliphatic heterocycles. The molecule has 7 nitrogen and oxygen atoms in total. The number of likely N-dealkylation sites (tertiary alicyclic amines) is 1. The lowest BCUT2D eigenvalue weighted by atomic mass is 9.75. The number of ether oxygens (including phenoxy) is 2. The third kappa shape index (κ3) is 3.57. The largest absolute Gasteiger partial charge is 0.454 e. The number of fused-ring (bicyclic) bond motifs is 2. The molecule has 1 aromatic heterocycles. The Morgan fingerprint density at radius 2 is 1.96 bits per heavy atom. The van der Waals surface area contributed by atoms with E-state index in [-0.39, 0.29) is 12.7 Å². The van der Waals surface area contributed by atoms with Gasteiger partial charge >= 0.3 is 0 Å². The van der Waals surface area contributed by atoms with Crippen molar-refractivity contribution >= 4 is 17.7 Å². The summed E-state index contributed by atoms with van der Waals surface area (Å²) in [6.45, 7) is 2.02. The maximum Gasteiger partial charge on any atom is 0.277 e. The van der Waals surface area contributed by atoms with Crippen LogP contribution in [0.3, 0.4) is 0 Å². The number of hydrogen-bond acceptors (Lipinski definition) is 7. The molecule has 1 aromatic carbocycles. The van der Waals surface area contributed by atoms with Crippen molar-refractivity contribution in [3.05, 3.63) is 18.2 Å². The molecule has 0 unspecified atom stereocenters. The third-order valence-corrected chi connectivity index (χ3v) is 6.79. The van der Waals surface area contributed by atoms with Gasteiger partial charge in [0.15, 0.2) is 11.5 Å². The summed E-state index contributed by atoms with van der Waals surface area (Å²) in [6, 6.07) is 5.51. The molecule has 1 saturated heterocycles. The minimum absolute atomic E-state index is 0.164. The molecule has 3 aliphatic rings. The first-order valence-electron chi connectivity index (χ1n) is 9.90. The van der Waals surface area contributed by atoms with E-state index < -0.39 is 0 Å². The second kappa shape index (κ2) is 7.66. The predicted molar refractivity (Wildman–Crippen MR) is 103 cm³/mol. The molecule has 2 aromatic rings. The number of aromatic nitrogens is 2. The summed E-state index contributed by atoms with van der Waals surface area (Å²) in [5.74, 6) is 3.81. The van der Waals surface area contributed by atoms with Crippen molar-refractivity contribution in [2.45, 2.75) is 37.3 Å². The topological polar surface area (TPSA) is 77.7 Å². The van der Waals surface area contributed by atoms with E-state index in [0.717, 1.165) is 31.0 Å². The average Bonchev–Trinajstić information content (AvgIpc) is 3.40. The lowest BCUT2D eigenvalue weighted by molar-refractivity contribution is -0.131. The van der Waals surface area contributed by atoms with E-state index in [0.29, 0.717) is 34.3 Å². The number of amides is 1. The molecular formula is C20H23N3O4S. The normalized spacial score (nSPS) is 23.5. The van der Waals surface area contributed by atoms with Crippen LogP contribution < -0.4 is 9.47 Å². The zero-order chi connectivity index (χ0) is 18.9. The third-order valence-electron chi connectivity index (χ3n) is 5.99. The number of hydrogen-bond donors (Lipinski definition) is 0. The Hall–Kier alpha value is -2.22. The lowest BCUT2D eigenvalue weighted by Crippen LogP contribution is -2.45. The highest BCUT2D eigenvalue weighted by molar-refractivity contribution is 7.99. The van der Waals surface area contributed by atoms with Gasteiger partial charge in [0.2, 0.25) is 18.6 Å². The van der Waals surface area contributed by atoms with Crippen molar-refractivity contribution in [1.29, 1.82) is 0 Å². The molecule has 0 N–H and O–H groups in total. The van der Waals surface area contributed by atoms with Crippen molar-refractivity contribution in [3.63, 3.8) is 0 Å². The van der Waals surface area contributed by atoms with Gasteiger partial charge in [-0.25, -0.2) is 0 Å². The first-order chi connectivity index (χ1) is 13.8. The number of piperidine rings is 1. The molecular weight excluding hydrogens is 378 g/mol. The van der Waals surface area contributed by atoms with Crippen molar-refractivity contribution in [3.8, 4) is 23.0 Å². The fraction of sp³-hybridized carbons (Fsp3) is 0.550. The van der Waals surface area contributed by atoms with Crippen molar-refractivity contribution in [1.82, 2.24) is 15.1 Å². The number of nitrogens with zero attached hydrogens (tertiary/aromatic N) is 3. The minimum Gasteiger partial charge on any atom is -0.454 e. The first kappa shape index (κ1) is 17.8. The van der Waals surface area contributed by atoms with Gasteiger partial charge in [-0.05, 0) is 42.9 Å². The fourth-order valence-electron chi connectivity index (χ4n) is 4.46. The van der Waals surface area contributed by atoms with Gasteiger partial charge in [0, 0.05) is 18.7 Å². The summed E-state index contributed by atoms with van der Waals surface area (Å²) in [7, 11) is 0. The highest BCUT2D eigenvalue weighted by Gasteiger charge is 2.32. The van der Waals surface area contributed by atoms with E-state index in [1.54, 1.807) is 0 Å². The average molecular weight is 401 g/mol. The van der Waals surface area contributed by atoms with Gasteiger partial charge in [-0.15, -0.1) is 10.2 Å². The Morgan fingerprint density at radius 3 is 2.89 bits per heavy atom. The van der Waals surface area contributed by atoms with Crippen molar-refractivity contribution in [2.75, 3.05) is 25.6 Å². The van der Waals surface area contributed by atoms with Crippen molar-refractivity contribution < 1.29 is 18.7 Å². The van der Waals surface area contributed by atoms with Crippen LogP contribution in [0.2, 0.25) is 0 Å². The molecule has 5 rings (SSSR count). The molecule has 28 heavy (non-hydrogen) atoms. The van der Waals surface area contributed by atoms with Crippen LogP contribution in [0, 0.1) is 11.8 Å². The van der Waals surface area contributed by atoms with Crippen LogP contribution in [-0.4, -0.2) is 46.6 Å². The monoisotopic (exact) mass is 401 g/mol. The molecule has 2 fully saturated rings. The van der Waals surface area contributed by atoms with E-state index in [1.807, 2.05) is 23.1 Å². The van der Waals surface area contributed by atoms with Gasteiger partial charge in [0.25, 0.3) is 5.22 Å². The highest BCUT2D eigenvalue weighted by atomic mass is 32.2. The lowest BCUT2D eigenvalue weighted by Gasteiger charge is -2.41. The van der Waals surface area contributed by atoms with Crippen LogP contribution in [0.15, 0.2) is 27.8 Å². The molecule has 0 bridgehead atoms. The first-order valence-corrected chi connectivity index (χ1v) is 10.9. The second-order valence-corrected chi connectivity index (χ2v) is 8.59. The van der Waals surface area contributed by atoms with Crippen LogP contribution in [-0.2, 0) is 4.79 Å². The zero-order valence-corrected chi connectivity index (χ0v) is 16.5. The van der Waals surface area contributed by atoms with Crippen LogP contribution in [0.5, 0.6) is 11.5 Å².